The lowest BCUT2D eigenvalue weighted by Crippen LogP contribution is -2.58. The molecule has 0 fully saturated rings. The van der Waals surface area contributed by atoms with Crippen LogP contribution in [0.4, 0.5) is 0 Å². The minimum absolute atomic E-state index is 0.0710. The lowest BCUT2D eigenvalue weighted by molar-refractivity contribution is -0.143. The molecule has 0 aromatic rings. The van der Waals surface area contributed by atoms with E-state index in [2.05, 4.69) is 20.9 Å². The third kappa shape index (κ3) is 14.5. The van der Waals surface area contributed by atoms with Crippen LogP contribution in [-0.4, -0.2) is 88.4 Å². The fraction of sp³-hybridized carbons (Fsp3) is 0.579. The number of carbonyl (C=O) groups excluding carboxylic acids is 5. The third-order valence-corrected chi connectivity index (χ3v) is 4.65. The average Bonchev–Trinajstić information content (AvgIpc) is 2.77. The van der Waals surface area contributed by atoms with Crippen molar-refractivity contribution >= 4 is 47.4 Å². The smallest absolute Gasteiger partial charge is 0.326 e. The maximum Gasteiger partial charge on any atom is 0.326 e. The third-order valence-electron chi connectivity index (χ3n) is 4.65. The molecule has 0 bridgehead atoms. The van der Waals surface area contributed by atoms with Crippen LogP contribution in [-0.2, 0) is 33.6 Å². The normalized spacial score (nSPS) is 13.6. The van der Waals surface area contributed by atoms with Crippen LogP contribution < -0.4 is 44.6 Å². The molecule has 4 atom stereocenters. The molecule has 15 N–H and O–H groups in total. The van der Waals surface area contributed by atoms with E-state index in [0.29, 0.717) is 0 Å². The molecule has 0 radical (unpaired) electrons. The van der Waals surface area contributed by atoms with Gasteiger partial charge in [-0.05, 0) is 19.3 Å². The molecule has 0 aromatic carbocycles. The zero-order chi connectivity index (χ0) is 28.7. The molecule has 18 heteroatoms. The molecule has 0 heterocycles. The van der Waals surface area contributed by atoms with Crippen molar-refractivity contribution in [2.75, 3.05) is 6.54 Å². The van der Waals surface area contributed by atoms with Gasteiger partial charge in [0.15, 0.2) is 5.96 Å². The summed E-state index contributed by atoms with van der Waals surface area (Å²) in [5.74, 6) is -8.22. The Hall–Kier alpha value is -4.48. The summed E-state index contributed by atoms with van der Waals surface area (Å²) in [6.07, 6.45) is -2.10. The predicted octanol–water partition coefficient (Wildman–Crippen LogP) is -5.48. The van der Waals surface area contributed by atoms with Crippen LogP contribution in [0.3, 0.4) is 0 Å². The number of amides is 5. The Labute approximate surface area is 210 Å². The molecule has 5 amide bonds. The van der Waals surface area contributed by atoms with E-state index in [1.165, 1.54) is 0 Å². The van der Waals surface area contributed by atoms with E-state index < -0.39 is 78.5 Å². The number of aliphatic imine (C=N–C) groups is 1. The van der Waals surface area contributed by atoms with Crippen molar-refractivity contribution in [3.05, 3.63) is 0 Å². The zero-order valence-corrected chi connectivity index (χ0v) is 19.8. The van der Waals surface area contributed by atoms with Crippen LogP contribution in [0.1, 0.15) is 38.5 Å². The van der Waals surface area contributed by atoms with Crippen LogP contribution >= 0.6 is 0 Å². The second-order valence-corrected chi connectivity index (χ2v) is 7.85. The first-order valence-corrected chi connectivity index (χ1v) is 10.9. The quantitative estimate of drug-likeness (QED) is 0.0449. The van der Waals surface area contributed by atoms with E-state index in [1.807, 2.05) is 0 Å². The fourth-order valence-electron chi connectivity index (χ4n) is 2.81. The Morgan fingerprint density at radius 3 is 1.68 bits per heavy atom. The van der Waals surface area contributed by atoms with Crippen molar-refractivity contribution in [2.45, 2.75) is 62.7 Å². The highest BCUT2D eigenvalue weighted by atomic mass is 16.4. The highest BCUT2D eigenvalue weighted by Gasteiger charge is 2.32. The first-order valence-electron chi connectivity index (χ1n) is 10.9. The number of carboxylic acid groups (broad SMARTS) is 2. The molecular weight excluding hydrogens is 498 g/mol. The summed E-state index contributed by atoms with van der Waals surface area (Å²) in [6, 6.07) is -6.22. The number of nitrogens with zero attached hydrogens (tertiary/aromatic N) is 1. The summed E-state index contributed by atoms with van der Waals surface area (Å²) >= 11 is 0. The molecule has 0 aliphatic rings. The van der Waals surface area contributed by atoms with Crippen molar-refractivity contribution < 1.29 is 43.8 Å². The number of hydrogen-bond acceptors (Lipinski definition) is 9. The highest BCUT2D eigenvalue weighted by Crippen LogP contribution is 2.04. The summed E-state index contributed by atoms with van der Waals surface area (Å²) in [7, 11) is 0. The van der Waals surface area contributed by atoms with E-state index in [4.69, 9.17) is 33.8 Å². The number of hydrogen-bond donors (Lipinski definition) is 10. The van der Waals surface area contributed by atoms with Crippen molar-refractivity contribution in [3.8, 4) is 0 Å². The van der Waals surface area contributed by atoms with Gasteiger partial charge in [0.25, 0.3) is 0 Å². The van der Waals surface area contributed by atoms with Gasteiger partial charge < -0.3 is 54.8 Å². The maximum atomic E-state index is 12.7. The van der Waals surface area contributed by atoms with Crippen molar-refractivity contribution in [3.63, 3.8) is 0 Å². The number of aliphatic carboxylic acids is 2. The van der Waals surface area contributed by atoms with Gasteiger partial charge in [-0.1, -0.05) is 0 Å². The molecule has 0 aliphatic heterocycles. The Balaban J connectivity index is 5.49. The van der Waals surface area contributed by atoms with E-state index in [-0.39, 0.29) is 38.2 Å². The SMILES string of the molecule is NC(=O)CCC(N)C(=O)NC(CC(=O)O)C(=O)NC(CC(N)=O)C(=O)NC(CCCN=C(N)N)C(=O)O. The number of nitrogens with two attached hydrogens (primary N) is 5. The minimum Gasteiger partial charge on any atom is -0.481 e. The summed E-state index contributed by atoms with van der Waals surface area (Å²) in [5, 5.41) is 24.8. The number of carboxylic acids is 2. The van der Waals surface area contributed by atoms with Crippen molar-refractivity contribution in [1.29, 1.82) is 0 Å². The highest BCUT2D eigenvalue weighted by molar-refractivity contribution is 5.97. The maximum absolute atomic E-state index is 12.7. The fourth-order valence-corrected chi connectivity index (χ4v) is 2.81. The Morgan fingerprint density at radius 2 is 1.22 bits per heavy atom. The van der Waals surface area contributed by atoms with Crippen molar-refractivity contribution in [2.24, 2.45) is 33.7 Å². The minimum atomic E-state index is -1.75. The van der Waals surface area contributed by atoms with E-state index in [1.54, 1.807) is 0 Å². The Kier molecular flexibility index (Phi) is 14.3. The number of rotatable bonds is 18. The zero-order valence-electron chi connectivity index (χ0n) is 19.8. The topological polar surface area (TPSA) is 338 Å². The van der Waals surface area contributed by atoms with Crippen LogP contribution in [0.25, 0.3) is 0 Å². The van der Waals surface area contributed by atoms with E-state index in [9.17, 15) is 38.7 Å². The molecule has 0 saturated carbocycles. The van der Waals surface area contributed by atoms with Gasteiger partial charge in [0.1, 0.15) is 18.1 Å². The van der Waals surface area contributed by atoms with E-state index >= 15 is 0 Å². The standard InChI is InChI=1S/C19H33N9O9/c20-8(3-4-12(21)29)15(33)27-11(7-14(31)32)17(35)28-10(6-13(22)30)16(34)26-9(18(36)37)2-1-5-25-19(23)24/h8-11H,1-7,20H2,(H2,21,29)(H2,22,30)(H,26,34)(H,27,33)(H,28,35)(H,31,32)(H,36,37)(H4,23,24,25). The molecule has 0 rings (SSSR count). The first kappa shape index (κ1) is 32.5. The lowest BCUT2D eigenvalue weighted by atomic mass is 10.1. The molecule has 0 aromatic heterocycles. The number of guanidine groups is 1. The van der Waals surface area contributed by atoms with Gasteiger partial charge in [0.2, 0.25) is 29.5 Å². The second kappa shape index (κ2) is 16.2. The average molecular weight is 532 g/mol. The molecule has 18 nitrogen and oxygen atoms in total. The molecule has 208 valence electrons. The van der Waals surface area contributed by atoms with Crippen LogP contribution in [0.5, 0.6) is 0 Å². The van der Waals surface area contributed by atoms with Gasteiger partial charge in [-0.15, -0.1) is 0 Å². The molecule has 0 spiro atoms. The predicted molar refractivity (Wildman–Crippen MR) is 126 cm³/mol. The van der Waals surface area contributed by atoms with Crippen LogP contribution in [0.2, 0.25) is 0 Å². The van der Waals surface area contributed by atoms with Crippen molar-refractivity contribution in [1.82, 2.24) is 16.0 Å². The molecule has 37 heavy (non-hydrogen) atoms. The van der Waals surface area contributed by atoms with Crippen LogP contribution in [0.15, 0.2) is 4.99 Å². The van der Waals surface area contributed by atoms with Gasteiger partial charge in [-0.3, -0.25) is 33.8 Å². The lowest BCUT2D eigenvalue weighted by Gasteiger charge is -2.24. The summed E-state index contributed by atoms with van der Waals surface area (Å²) < 4.78 is 0. The molecule has 0 saturated heterocycles. The number of nitrogens with one attached hydrogen (secondary N) is 3. The van der Waals surface area contributed by atoms with Crippen LogP contribution in [0, 0.1) is 0 Å². The first-order chi connectivity index (χ1) is 17.1. The molecular formula is C19H33N9O9. The largest absolute Gasteiger partial charge is 0.481 e. The Bertz CT molecular complexity index is 905. The molecule has 4 unspecified atom stereocenters. The van der Waals surface area contributed by atoms with Gasteiger partial charge in [-0.25, -0.2) is 4.79 Å². The summed E-state index contributed by atoms with van der Waals surface area (Å²) in [6.45, 7) is 0.0710. The van der Waals surface area contributed by atoms with Gasteiger partial charge in [-0.2, -0.15) is 0 Å². The number of carbonyl (C=O) groups is 7. The van der Waals surface area contributed by atoms with Gasteiger partial charge >= 0.3 is 11.9 Å². The summed E-state index contributed by atoms with van der Waals surface area (Å²) in [5.41, 5.74) is 26.1. The molecule has 0 aliphatic carbocycles. The van der Waals surface area contributed by atoms with Gasteiger partial charge in [0, 0.05) is 13.0 Å². The monoisotopic (exact) mass is 531 g/mol. The van der Waals surface area contributed by atoms with E-state index in [0.717, 1.165) is 0 Å². The summed E-state index contributed by atoms with van der Waals surface area (Å²) in [4.78, 5) is 86.3. The second-order valence-electron chi connectivity index (χ2n) is 7.85. The van der Waals surface area contributed by atoms with Gasteiger partial charge in [0.05, 0.1) is 18.9 Å². The number of primary amides is 2. The Morgan fingerprint density at radius 1 is 0.703 bits per heavy atom.